The zero-order chi connectivity index (χ0) is 23.1. The van der Waals surface area contributed by atoms with Gasteiger partial charge < -0.3 is 9.13 Å². The lowest BCUT2D eigenvalue weighted by atomic mass is 10.2. The molecule has 0 unspecified atom stereocenters. The van der Waals surface area contributed by atoms with Crippen molar-refractivity contribution in [2.75, 3.05) is 0 Å². The van der Waals surface area contributed by atoms with Gasteiger partial charge in [0.25, 0.3) is 0 Å². The first kappa shape index (κ1) is 21.9. The molecule has 170 valence electrons. The fourth-order valence-electron chi connectivity index (χ4n) is 5.43. The van der Waals surface area contributed by atoms with Crippen LogP contribution in [0.2, 0.25) is 0 Å². The number of unbranched alkanes of at least 4 members (excludes halogenated alkanes) is 3. The van der Waals surface area contributed by atoms with Gasteiger partial charge in [0.15, 0.2) is 0 Å². The molecule has 0 spiro atoms. The third kappa shape index (κ3) is 3.87. The van der Waals surface area contributed by atoms with Crippen LogP contribution < -0.4 is 0 Å². The fourth-order valence-corrected chi connectivity index (χ4v) is 6.15. The molecule has 0 saturated heterocycles. The molecule has 0 aliphatic carbocycles. The van der Waals surface area contributed by atoms with Gasteiger partial charge in [-0.3, -0.25) is 0 Å². The van der Waals surface area contributed by atoms with Crippen LogP contribution in [0.3, 0.4) is 0 Å². The van der Waals surface area contributed by atoms with Gasteiger partial charge in [-0.05, 0) is 61.4 Å². The normalized spacial score (nSPS) is 11.9. The van der Waals surface area contributed by atoms with Crippen LogP contribution in [0.1, 0.15) is 25.7 Å². The third-order valence-electron chi connectivity index (χ3n) is 6.98. The number of hydrogen-bond donors (Lipinski definition) is 0. The van der Waals surface area contributed by atoms with Gasteiger partial charge in [0.2, 0.25) is 0 Å². The standard InChI is InChI=1S/C30H26Br2N2/c31-21-13-15-29-25(19-21)26-20-22(32)14-16-30(26)34(29)18-8-2-1-7-17-33-27-11-5-3-9-23(27)24-10-4-6-12-28(24)33/h3-6,9-16,19-20H,1-2,7-8,17-18H2. The maximum Gasteiger partial charge on any atom is 0.0492 e. The summed E-state index contributed by atoms with van der Waals surface area (Å²) in [7, 11) is 0. The van der Waals surface area contributed by atoms with E-state index in [0.717, 1.165) is 22.0 Å². The largest absolute Gasteiger partial charge is 0.340 e. The Morgan fingerprint density at radius 3 is 1.32 bits per heavy atom. The molecule has 0 saturated carbocycles. The highest BCUT2D eigenvalue weighted by molar-refractivity contribution is 9.10. The Balaban J connectivity index is 1.15. The van der Waals surface area contributed by atoms with Crippen molar-refractivity contribution in [3.8, 4) is 0 Å². The predicted octanol–water partition coefficient (Wildman–Crippen LogP) is 9.69. The topological polar surface area (TPSA) is 9.86 Å². The highest BCUT2D eigenvalue weighted by atomic mass is 79.9. The van der Waals surface area contributed by atoms with Crippen molar-refractivity contribution in [2.24, 2.45) is 0 Å². The Hall–Kier alpha value is -2.56. The Morgan fingerprint density at radius 1 is 0.441 bits per heavy atom. The van der Waals surface area contributed by atoms with Crippen molar-refractivity contribution in [1.29, 1.82) is 0 Å². The Morgan fingerprint density at radius 2 is 0.853 bits per heavy atom. The van der Waals surface area contributed by atoms with Gasteiger partial charge in [-0.25, -0.2) is 0 Å². The van der Waals surface area contributed by atoms with Crippen molar-refractivity contribution < 1.29 is 0 Å². The van der Waals surface area contributed by atoms with Gasteiger partial charge in [0, 0.05) is 65.6 Å². The van der Waals surface area contributed by atoms with E-state index in [4.69, 9.17) is 0 Å². The molecular formula is C30H26Br2N2. The van der Waals surface area contributed by atoms with Crippen LogP contribution in [-0.4, -0.2) is 9.13 Å². The summed E-state index contributed by atoms with van der Waals surface area (Å²) in [5.41, 5.74) is 5.35. The average molecular weight is 574 g/mol. The number of fused-ring (bicyclic) bond motifs is 6. The molecule has 4 aromatic carbocycles. The van der Waals surface area contributed by atoms with Gasteiger partial charge in [-0.15, -0.1) is 0 Å². The van der Waals surface area contributed by atoms with Crippen molar-refractivity contribution in [2.45, 2.75) is 38.8 Å². The summed E-state index contributed by atoms with van der Waals surface area (Å²) in [6, 6.07) is 30.9. The molecule has 0 bridgehead atoms. The first-order valence-corrected chi connectivity index (χ1v) is 13.6. The smallest absolute Gasteiger partial charge is 0.0492 e. The molecule has 2 heterocycles. The molecule has 2 aromatic heterocycles. The van der Waals surface area contributed by atoms with Gasteiger partial charge in [-0.2, -0.15) is 0 Å². The van der Waals surface area contributed by atoms with E-state index in [0.29, 0.717) is 0 Å². The molecule has 0 fully saturated rings. The quantitative estimate of drug-likeness (QED) is 0.168. The van der Waals surface area contributed by atoms with E-state index in [1.165, 1.54) is 69.3 Å². The third-order valence-corrected chi connectivity index (χ3v) is 7.97. The number of benzene rings is 4. The highest BCUT2D eigenvalue weighted by Gasteiger charge is 2.12. The molecule has 6 aromatic rings. The van der Waals surface area contributed by atoms with E-state index in [1.807, 2.05) is 0 Å². The van der Waals surface area contributed by atoms with Crippen LogP contribution in [0.25, 0.3) is 43.6 Å². The lowest BCUT2D eigenvalue weighted by Gasteiger charge is -2.09. The van der Waals surface area contributed by atoms with Crippen molar-refractivity contribution in [3.05, 3.63) is 93.9 Å². The fraction of sp³-hybridized carbons (Fsp3) is 0.200. The summed E-state index contributed by atoms with van der Waals surface area (Å²) < 4.78 is 7.26. The molecule has 0 amide bonds. The van der Waals surface area contributed by atoms with E-state index in [9.17, 15) is 0 Å². The Kier molecular flexibility index (Phi) is 5.96. The van der Waals surface area contributed by atoms with Gasteiger partial charge in [0.05, 0.1) is 0 Å². The second-order valence-corrected chi connectivity index (χ2v) is 10.9. The van der Waals surface area contributed by atoms with Crippen LogP contribution in [0.4, 0.5) is 0 Å². The number of rotatable bonds is 7. The van der Waals surface area contributed by atoms with Crippen LogP contribution in [0.5, 0.6) is 0 Å². The van der Waals surface area contributed by atoms with Crippen LogP contribution >= 0.6 is 31.9 Å². The number of aromatic nitrogens is 2. The average Bonchev–Trinajstić information content (AvgIpc) is 3.33. The van der Waals surface area contributed by atoms with Crippen molar-refractivity contribution in [1.82, 2.24) is 9.13 Å². The van der Waals surface area contributed by atoms with E-state index in [-0.39, 0.29) is 0 Å². The van der Waals surface area contributed by atoms with Crippen LogP contribution in [0.15, 0.2) is 93.9 Å². The monoisotopic (exact) mass is 572 g/mol. The molecule has 4 heteroatoms. The van der Waals surface area contributed by atoms with E-state index in [2.05, 4.69) is 126 Å². The zero-order valence-electron chi connectivity index (χ0n) is 19.0. The summed E-state index contributed by atoms with van der Waals surface area (Å²) in [5, 5.41) is 5.36. The maximum atomic E-state index is 3.65. The van der Waals surface area contributed by atoms with Crippen molar-refractivity contribution in [3.63, 3.8) is 0 Å². The number of halogens is 2. The number of nitrogens with zero attached hydrogens (tertiary/aromatic N) is 2. The predicted molar refractivity (Wildman–Crippen MR) is 153 cm³/mol. The van der Waals surface area contributed by atoms with Crippen LogP contribution in [-0.2, 0) is 13.1 Å². The van der Waals surface area contributed by atoms with Gasteiger partial charge >= 0.3 is 0 Å². The number of aryl methyl sites for hydroxylation is 2. The Labute approximate surface area is 216 Å². The number of para-hydroxylation sites is 2. The summed E-state index contributed by atoms with van der Waals surface area (Å²) in [5.74, 6) is 0. The minimum atomic E-state index is 1.05. The van der Waals surface area contributed by atoms with Crippen molar-refractivity contribution >= 4 is 75.5 Å². The highest BCUT2D eigenvalue weighted by Crippen LogP contribution is 2.33. The molecule has 0 radical (unpaired) electrons. The lowest BCUT2D eigenvalue weighted by molar-refractivity contribution is 0.559. The minimum absolute atomic E-state index is 1.05. The summed E-state index contributed by atoms with van der Waals surface area (Å²) >= 11 is 7.30. The summed E-state index contributed by atoms with van der Waals surface area (Å²) in [4.78, 5) is 0. The second kappa shape index (κ2) is 9.24. The van der Waals surface area contributed by atoms with E-state index >= 15 is 0 Å². The molecule has 0 atom stereocenters. The lowest BCUT2D eigenvalue weighted by Crippen LogP contribution is -2.00. The van der Waals surface area contributed by atoms with E-state index < -0.39 is 0 Å². The second-order valence-electron chi connectivity index (χ2n) is 9.07. The SMILES string of the molecule is Brc1ccc2c(c1)c1cc(Br)ccc1n2CCCCCCn1c2ccccc2c2ccccc21. The molecule has 0 aliphatic heterocycles. The Bertz CT molecular complexity index is 1530. The molecule has 0 N–H and O–H groups in total. The zero-order valence-corrected chi connectivity index (χ0v) is 22.1. The molecule has 0 aliphatic rings. The minimum Gasteiger partial charge on any atom is -0.340 e. The first-order valence-electron chi connectivity index (χ1n) is 12.0. The van der Waals surface area contributed by atoms with Gasteiger partial charge in [-0.1, -0.05) is 81.1 Å². The van der Waals surface area contributed by atoms with E-state index in [1.54, 1.807) is 0 Å². The van der Waals surface area contributed by atoms with Crippen LogP contribution in [0, 0.1) is 0 Å². The summed E-state index contributed by atoms with van der Waals surface area (Å²) in [6.45, 7) is 2.13. The number of hydrogen-bond acceptors (Lipinski definition) is 0. The molecular weight excluding hydrogens is 548 g/mol. The first-order chi connectivity index (χ1) is 16.7. The molecule has 6 rings (SSSR count). The molecule has 2 nitrogen and oxygen atoms in total. The maximum absolute atomic E-state index is 3.65. The van der Waals surface area contributed by atoms with Gasteiger partial charge in [0.1, 0.15) is 0 Å². The molecule has 34 heavy (non-hydrogen) atoms. The summed E-state index contributed by atoms with van der Waals surface area (Å²) in [6.07, 6.45) is 4.88.